The van der Waals surface area contributed by atoms with E-state index >= 15 is 0 Å². The van der Waals surface area contributed by atoms with Crippen molar-refractivity contribution < 1.29 is 9.53 Å². The fourth-order valence-electron chi connectivity index (χ4n) is 1.72. The molecule has 1 unspecified atom stereocenters. The van der Waals surface area contributed by atoms with Crippen molar-refractivity contribution in [2.45, 2.75) is 12.5 Å². The molecular weight excluding hydrogens is 248 g/mol. The minimum Gasteiger partial charge on any atom is -0.385 e. The number of aromatic nitrogens is 2. The van der Waals surface area contributed by atoms with Crippen LogP contribution in [0.2, 0.25) is 0 Å². The van der Waals surface area contributed by atoms with E-state index in [4.69, 9.17) is 10.5 Å². The molecule has 0 aliphatic rings. The summed E-state index contributed by atoms with van der Waals surface area (Å²) in [5.41, 5.74) is 7.33. The number of rotatable bonds is 5. The second-order valence-corrected chi connectivity index (χ2v) is 4.22. The molecule has 7 nitrogen and oxygen atoms in total. The Bertz CT molecular complexity index is 631. The van der Waals surface area contributed by atoms with Crippen molar-refractivity contribution in [1.82, 2.24) is 9.97 Å². The molecule has 2 rings (SSSR count). The largest absolute Gasteiger partial charge is 0.385 e. The zero-order valence-electron chi connectivity index (χ0n) is 10.5. The van der Waals surface area contributed by atoms with Crippen LogP contribution >= 0.6 is 0 Å². The van der Waals surface area contributed by atoms with Gasteiger partial charge in [0.2, 0.25) is 5.91 Å². The van der Waals surface area contributed by atoms with Gasteiger partial charge in [0, 0.05) is 19.4 Å². The summed E-state index contributed by atoms with van der Waals surface area (Å²) < 4.78 is 4.87. The molecule has 0 bridgehead atoms. The molecule has 19 heavy (non-hydrogen) atoms. The maximum absolute atomic E-state index is 11.8. The summed E-state index contributed by atoms with van der Waals surface area (Å²) in [6, 6.07) is 4.46. The van der Waals surface area contributed by atoms with E-state index in [1.165, 1.54) is 0 Å². The highest BCUT2D eigenvalue weighted by Gasteiger charge is 2.13. The van der Waals surface area contributed by atoms with Gasteiger partial charge >= 0.3 is 5.69 Å². The number of ether oxygens (including phenoxy) is 1. The highest BCUT2D eigenvalue weighted by atomic mass is 16.5. The molecule has 1 atom stereocenters. The second kappa shape index (κ2) is 5.68. The first kappa shape index (κ1) is 13.3. The van der Waals surface area contributed by atoms with Crippen LogP contribution in [0.5, 0.6) is 0 Å². The summed E-state index contributed by atoms with van der Waals surface area (Å²) in [6.07, 6.45) is 0.450. The van der Waals surface area contributed by atoms with Crippen molar-refractivity contribution in [3.8, 4) is 0 Å². The number of imidazole rings is 1. The summed E-state index contributed by atoms with van der Waals surface area (Å²) >= 11 is 0. The number of carbonyl (C=O) groups excluding carboxylic acids is 1. The predicted octanol–water partition coefficient (Wildman–Crippen LogP) is 0.158. The first-order chi connectivity index (χ1) is 9.10. The molecule has 0 saturated carbocycles. The summed E-state index contributed by atoms with van der Waals surface area (Å²) in [5.74, 6) is -0.283. The number of fused-ring (bicyclic) bond motifs is 1. The number of H-pyrrole nitrogens is 2. The number of benzene rings is 1. The lowest BCUT2D eigenvalue weighted by Crippen LogP contribution is -2.36. The maximum Gasteiger partial charge on any atom is 0.323 e. The lowest BCUT2D eigenvalue weighted by molar-refractivity contribution is -0.117. The molecule has 5 N–H and O–H groups in total. The van der Waals surface area contributed by atoms with Gasteiger partial charge in [0.15, 0.2) is 0 Å². The van der Waals surface area contributed by atoms with Gasteiger partial charge in [-0.3, -0.25) is 4.79 Å². The van der Waals surface area contributed by atoms with Crippen molar-refractivity contribution in [2.24, 2.45) is 5.73 Å². The minimum absolute atomic E-state index is 0.282. The van der Waals surface area contributed by atoms with Crippen LogP contribution in [0.3, 0.4) is 0 Å². The minimum atomic E-state index is -0.624. The molecule has 2 aromatic rings. The third-order valence-corrected chi connectivity index (χ3v) is 2.75. The highest BCUT2D eigenvalue weighted by molar-refractivity contribution is 5.96. The van der Waals surface area contributed by atoms with E-state index in [-0.39, 0.29) is 11.6 Å². The highest BCUT2D eigenvalue weighted by Crippen LogP contribution is 2.14. The average Bonchev–Trinajstić information content (AvgIpc) is 2.75. The van der Waals surface area contributed by atoms with E-state index in [1.54, 1.807) is 25.3 Å². The molecule has 0 spiro atoms. The Balaban J connectivity index is 2.08. The van der Waals surface area contributed by atoms with Gasteiger partial charge in [0.1, 0.15) is 0 Å². The molecule has 1 amide bonds. The standard InChI is InChI=1S/C12H16N4O3/c1-19-5-4-8(13)11(17)14-7-2-3-9-10(6-7)16-12(18)15-9/h2-3,6,8H,4-5,13H2,1H3,(H,14,17)(H2,15,16,18). The second-order valence-electron chi connectivity index (χ2n) is 4.22. The fourth-order valence-corrected chi connectivity index (χ4v) is 1.72. The number of anilines is 1. The molecule has 0 saturated heterocycles. The van der Waals surface area contributed by atoms with Crippen molar-refractivity contribution in [2.75, 3.05) is 19.0 Å². The number of methoxy groups -OCH3 is 1. The zero-order valence-corrected chi connectivity index (χ0v) is 10.5. The number of hydrogen-bond acceptors (Lipinski definition) is 4. The maximum atomic E-state index is 11.8. The van der Waals surface area contributed by atoms with Crippen molar-refractivity contribution in [1.29, 1.82) is 0 Å². The van der Waals surface area contributed by atoms with Gasteiger partial charge in [-0.15, -0.1) is 0 Å². The number of carbonyl (C=O) groups is 1. The number of nitrogens with two attached hydrogens (primary N) is 1. The topological polar surface area (TPSA) is 113 Å². The van der Waals surface area contributed by atoms with Crippen molar-refractivity contribution >= 4 is 22.6 Å². The van der Waals surface area contributed by atoms with Crippen LogP contribution in [-0.2, 0) is 9.53 Å². The summed E-state index contributed by atoms with van der Waals surface area (Å²) in [6.45, 7) is 0.429. The van der Waals surface area contributed by atoms with Crippen molar-refractivity contribution in [3.63, 3.8) is 0 Å². The van der Waals surface area contributed by atoms with Crippen LogP contribution in [0.4, 0.5) is 5.69 Å². The molecule has 1 aromatic carbocycles. The molecule has 1 heterocycles. The Morgan fingerprint density at radius 3 is 2.89 bits per heavy atom. The Kier molecular flexibility index (Phi) is 3.98. The molecule has 1 aromatic heterocycles. The van der Waals surface area contributed by atoms with E-state index in [0.29, 0.717) is 29.7 Å². The Morgan fingerprint density at radius 1 is 1.42 bits per heavy atom. The van der Waals surface area contributed by atoms with Gasteiger partial charge in [0.05, 0.1) is 17.1 Å². The zero-order chi connectivity index (χ0) is 13.8. The third kappa shape index (κ3) is 3.21. The molecule has 0 fully saturated rings. The molecule has 0 radical (unpaired) electrons. The van der Waals surface area contributed by atoms with Gasteiger partial charge in [0.25, 0.3) is 0 Å². The van der Waals surface area contributed by atoms with Crippen molar-refractivity contribution in [3.05, 3.63) is 28.7 Å². The van der Waals surface area contributed by atoms with E-state index in [9.17, 15) is 9.59 Å². The van der Waals surface area contributed by atoms with Gasteiger partial charge in [-0.1, -0.05) is 0 Å². The average molecular weight is 264 g/mol. The van der Waals surface area contributed by atoms with E-state index in [0.717, 1.165) is 0 Å². The third-order valence-electron chi connectivity index (χ3n) is 2.75. The van der Waals surface area contributed by atoms with Gasteiger partial charge < -0.3 is 25.8 Å². The Morgan fingerprint density at radius 2 is 2.16 bits per heavy atom. The molecule has 0 aliphatic carbocycles. The van der Waals surface area contributed by atoms with E-state index < -0.39 is 6.04 Å². The number of amides is 1. The number of nitrogens with one attached hydrogen (secondary N) is 3. The molecule has 102 valence electrons. The normalized spacial score (nSPS) is 12.5. The van der Waals surface area contributed by atoms with Gasteiger partial charge in [-0.2, -0.15) is 0 Å². The predicted molar refractivity (Wildman–Crippen MR) is 72.0 cm³/mol. The lowest BCUT2D eigenvalue weighted by atomic mass is 10.2. The summed E-state index contributed by atoms with van der Waals surface area (Å²) in [7, 11) is 1.56. The summed E-state index contributed by atoms with van der Waals surface area (Å²) in [4.78, 5) is 28.2. The SMILES string of the molecule is COCCC(N)C(=O)Nc1ccc2[nH]c(=O)[nH]c2c1. The molecule has 7 heteroatoms. The monoisotopic (exact) mass is 264 g/mol. The van der Waals surface area contributed by atoms with E-state index in [1.807, 2.05) is 0 Å². The van der Waals surface area contributed by atoms with Crippen LogP contribution in [0.15, 0.2) is 23.0 Å². The first-order valence-electron chi connectivity index (χ1n) is 5.87. The Hall–Kier alpha value is -2.12. The van der Waals surface area contributed by atoms with Crippen LogP contribution in [-0.4, -0.2) is 35.6 Å². The van der Waals surface area contributed by atoms with Gasteiger partial charge in [-0.25, -0.2) is 4.79 Å². The molecule has 0 aliphatic heterocycles. The van der Waals surface area contributed by atoms with Gasteiger partial charge in [-0.05, 0) is 24.6 Å². The number of hydrogen-bond donors (Lipinski definition) is 4. The fraction of sp³-hybridized carbons (Fsp3) is 0.333. The number of aromatic amines is 2. The van der Waals surface area contributed by atoms with Crippen LogP contribution in [0.1, 0.15) is 6.42 Å². The summed E-state index contributed by atoms with van der Waals surface area (Å²) in [5, 5.41) is 2.70. The van der Waals surface area contributed by atoms with Crippen LogP contribution < -0.4 is 16.7 Å². The lowest BCUT2D eigenvalue weighted by Gasteiger charge is -2.11. The Labute approximate surface area is 109 Å². The first-order valence-corrected chi connectivity index (χ1v) is 5.87. The smallest absolute Gasteiger partial charge is 0.323 e. The quantitative estimate of drug-likeness (QED) is 0.616. The van der Waals surface area contributed by atoms with Crippen LogP contribution in [0.25, 0.3) is 11.0 Å². The molecular formula is C12H16N4O3. The van der Waals surface area contributed by atoms with Crippen LogP contribution in [0, 0.1) is 0 Å². The van der Waals surface area contributed by atoms with E-state index in [2.05, 4.69) is 15.3 Å².